The van der Waals surface area contributed by atoms with Crippen LogP contribution in [0.25, 0.3) is 5.78 Å². The quantitative estimate of drug-likeness (QED) is 0.402. The molecule has 0 spiro atoms. The summed E-state index contributed by atoms with van der Waals surface area (Å²) in [5, 5.41) is 8.90. The van der Waals surface area contributed by atoms with Crippen LogP contribution in [0.4, 0.5) is 32.2 Å². The van der Waals surface area contributed by atoms with Crippen LogP contribution < -0.4 is 10.6 Å². The molecule has 3 heterocycles. The number of alkyl halides is 6. The van der Waals surface area contributed by atoms with E-state index in [1.807, 2.05) is 0 Å². The van der Waals surface area contributed by atoms with Crippen molar-refractivity contribution in [3.8, 4) is 0 Å². The SMILES string of the molecule is Cc1nc2nc(C(F)(F)F)nn2c(C)c1CCC(=O)NCCNc1ccc(C(F)(F)F)cn1. The average Bonchev–Trinajstić information content (AvgIpc) is 3.15. The molecule has 8 nitrogen and oxygen atoms in total. The Morgan fingerprint density at radius 3 is 2.36 bits per heavy atom. The fourth-order valence-corrected chi connectivity index (χ4v) is 3.08. The van der Waals surface area contributed by atoms with Gasteiger partial charge in [0.25, 0.3) is 11.6 Å². The van der Waals surface area contributed by atoms with E-state index in [-0.39, 0.29) is 43.4 Å². The number of nitrogens with one attached hydrogen (secondary N) is 2. The van der Waals surface area contributed by atoms with Crippen molar-refractivity contribution in [2.75, 3.05) is 18.4 Å². The third-order valence-electron chi connectivity index (χ3n) is 4.75. The van der Waals surface area contributed by atoms with Crippen LogP contribution in [0.2, 0.25) is 0 Å². The zero-order valence-electron chi connectivity index (χ0n) is 17.5. The first-order chi connectivity index (χ1) is 15.4. The minimum atomic E-state index is -4.70. The minimum Gasteiger partial charge on any atom is -0.368 e. The predicted octanol–water partition coefficient (Wildman–Crippen LogP) is 3.33. The van der Waals surface area contributed by atoms with Gasteiger partial charge in [-0.15, -0.1) is 5.10 Å². The Morgan fingerprint density at radius 2 is 1.76 bits per heavy atom. The van der Waals surface area contributed by atoms with Crippen molar-refractivity contribution in [2.45, 2.75) is 39.0 Å². The number of halogens is 6. The van der Waals surface area contributed by atoms with Gasteiger partial charge in [0.05, 0.1) is 5.56 Å². The number of anilines is 1. The van der Waals surface area contributed by atoms with Gasteiger partial charge >= 0.3 is 12.4 Å². The second kappa shape index (κ2) is 9.19. The Kier molecular flexibility index (Phi) is 6.74. The van der Waals surface area contributed by atoms with E-state index in [2.05, 4.69) is 30.7 Å². The molecule has 2 N–H and O–H groups in total. The highest BCUT2D eigenvalue weighted by Gasteiger charge is 2.37. The van der Waals surface area contributed by atoms with Gasteiger partial charge in [-0.05, 0) is 38.0 Å². The number of aryl methyl sites for hydroxylation is 2. The molecule has 0 bridgehead atoms. The Hall–Kier alpha value is -3.45. The van der Waals surface area contributed by atoms with E-state index in [0.29, 0.717) is 23.1 Å². The third-order valence-corrected chi connectivity index (χ3v) is 4.75. The first kappa shape index (κ1) is 24.2. The highest BCUT2D eigenvalue weighted by Crippen LogP contribution is 2.29. The molecule has 0 radical (unpaired) electrons. The monoisotopic (exact) mass is 475 g/mol. The second-order valence-electron chi connectivity index (χ2n) is 7.11. The molecule has 0 saturated carbocycles. The van der Waals surface area contributed by atoms with Gasteiger partial charge in [-0.3, -0.25) is 4.79 Å². The van der Waals surface area contributed by atoms with E-state index in [4.69, 9.17) is 0 Å². The number of fused-ring (bicyclic) bond motifs is 1. The summed E-state index contributed by atoms with van der Waals surface area (Å²) >= 11 is 0. The van der Waals surface area contributed by atoms with Crippen molar-refractivity contribution in [3.05, 3.63) is 46.7 Å². The molecule has 0 unspecified atom stereocenters. The summed E-state index contributed by atoms with van der Waals surface area (Å²) in [6.07, 6.45) is -8.18. The number of rotatable bonds is 7. The molecule has 33 heavy (non-hydrogen) atoms. The number of hydrogen-bond donors (Lipinski definition) is 2. The van der Waals surface area contributed by atoms with Crippen molar-refractivity contribution >= 4 is 17.5 Å². The van der Waals surface area contributed by atoms with E-state index in [1.54, 1.807) is 13.8 Å². The molecule has 0 aliphatic rings. The highest BCUT2D eigenvalue weighted by molar-refractivity contribution is 5.76. The molecule has 3 rings (SSSR count). The lowest BCUT2D eigenvalue weighted by atomic mass is 10.1. The molecule has 178 valence electrons. The van der Waals surface area contributed by atoms with Crippen LogP contribution in [0, 0.1) is 13.8 Å². The van der Waals surface area contributed by atoms with Gasteiger partial charge in [-0.2, -0.15) is 31.3 Å². The summed E-state index contributed by atoms with van der Waals surface area (Å²) in [4.78, 5) is 23.2. The molecular weight excluding hydrogens is 456 g/mol. The maximum atomic E-state index is 12.9. The lowest BCUT2D eigenvalue weighted by molar-refractivity contribution is -0.144. The maximum Gasteiger partial charge on any atom is 0.453 e. The molecule has 0 aliphatic heterocycles. The maximum absolute atomic E-state index is 12.9. The van der Waals surface area contributed by atoms with Crippen LogP contribution >= 0.6 is 0 Å². The van der Waals surface area contributed by atoms with Crippen LogP contribution in [0.15, 0.2) is 18.3 Å². The standard InChI is InChI=1S/C19H19F6N7O/c1-10-13(11(2)32-17(29-10)30-16(31-32)19(23,24)25)4-6-15(33)27-8-7-26-14-5-3-12(9-28-14)18(20,21)22/h3,5,9H,4,6-8H2,1-2H3,(H,26,28)(H,27,33). The molecule has 1 amide bonds. The molecule has 14 heteroatoms. The zero-order valence-corrected chi connectivity index (χ0v) is 17.5. The Labute approximate surface area is 183 Å². The van der Waals surface area contributed by atoms with Crippen LogP contribution in [-0.2, 0) is 23.6 Å². The van der Waals surface area contributed by atoms with E-state index in [1.165, 1.54) is 6.07 Å². The molecular formula is C19H19F6N7O. The summed E-state index contributed by atoms with van der Waals surface area (Å²) < 4.78 is 77.1. The van der Waals surface area contributed by atoms with Crippen LogP contribution in [0.5, 0.6) is 0 Å². The summed E-state index contributed by atoms with van der Waals surface area (Å²) in [7, 11) is 0. The summed E-state index contributed by atoms with van der Waals surface area (Å²) in [6.45, 7) is 3.61. The molecule has 0 aromatic carbocycles. The highest BCUT2D eigenvalue weighted by atomic mass is 19.4. The molecule has 0 saturated heterocycles. The molecule has 0 fully saturated rings. The van der Waals surface area contributed by atoms with Crippen molar-refractivity contribution in [2.24, 2.45) is 0 Å². The Morgan fingerprint density at radius 1 is 1.03 bits per heavy atom. The molecule has 3 aromatic heterocycles. The Balaban J connectivity index is 1.51. The van der Waals surface area contributed by atoms with Gasteiger partial charge in [0.15, 0.2) is 0 Å². The van der Waals surface area contributed by atoms with Crippen LogP contribution in [0.3, 0.4) is 0 Å². The van der Waals surface area contributed by atoms with Gasteiger partial charge in [0, 0.05) is 37.1 Å². The number of carbonyl (C=O) groups excluding carboxylic acids is 1. The van der Waals surface area contributed by atoms with Crippen LogP contribution in [-0.4, -0.2) is 43.6 Å². The van der Waals surface area contributed by atoms with Gasteiger partial charge in [-0.1, -0.05) is 0 Å². The van der Waals surface area contributed by atoms with Gasteiger partial charge < -0.3 is 10.6 Å². The summed E-state index contributed by atoms with van der Waals surface area (Å²) in [5.41, 5.74) is 0.579. The number of aromatic nitrogens is 5. The van der Waals surface area contributed by atoms with E-state index in [9.17, 15) is 31.1 Å². The van der Waals surface area contributed by atoms with Crippen molar-refractivity contribution in [1.82, 2.24) is 29.9 Å². The molecule has 3 aromatic rings. The first-order valence-corrected chi connectivity index (χ1v) is 9.70. The van der Waals surface area contributed by atoms with E-state index >= 15 is 0 Å². The fraction of sp³-hybridized carbons (Fsp3) is 0.421. The van der Waals surface area contributed by atoms with Gasteiger partial charge in [-0.25, -0.2) is 14.5 Å². The topological polar surface area (TPSA) is 97.1 Å². The summed E-state index contributed by atoms with van der Waals surface area (Å²) in [6, 6.07) is 2.09. The lowest BCUT2D eigenvalue weighted by Gasteiger charge is -2.11. The predicted molar refractivity (Wildman–Crippen MR) is 104 cm³/mol. The number of carbonyl (C=O) groups is 1. The average molecular weight is 475 g/mol. The van der Waals surface area contributed by atoms with Gasteiger partial charge in [0.1, 0.15) is 5.82 Å². The Bertz CT molecular complexity index is 1140. The van der Waals surface area contributed by atoms with Gasteiger partial charge in [0.2, 0.25) is 5.91 Å². The summed E-state index contributed by atoms with van der Waals surface area (Å²) in [5.74, 6) is -1.55. The molecule has 0 aliphatic carbocycles. The number of nitrogens with zero attached hydrogens (tertiary/aromatic N) is 5. The van der Waals surface area contributed by atoms with E-state index < -0.39 is 23.7 Å². The fourth-order valence-electron chi connectivity index (χ4n) is 3.08. The smallest absolute Gasteiger partial charge is 0.368 e. The second-order valence-corrected chi connectivity index (χ2v) is 7.11. The molecule has 0 atom stereocenters. The lowest BCUT2D eigenvalue weighted by Crippen LogP contribution is -2.29. The largest absolute Gasteiger partial charge is 0.453 e. The first-order valence-electron chi connectivity index (χ1n) is 9.70. The van der Waals surface area contributed by atoms with Crippen molar-refractivity contribution in [1.29, 1.82) is 0 Å². The normalized spacial score (nSPS) is 12.2. The third kappa shape index (κ3) is 5.87. The van der Waals surface area contributed by atoms with Crippen molar-refractivity contribution in [3.63, 3.8) is 0 Å². The number of amides is 1. The van der Waals surface area contributed by atoms with Crippen molar-refractivity contribution < 1.29 is 31.1 Å². The minimum absolute atomic E-state index is 0.0498. The zero-order chi connectivity index (χ0) is 24.4. The van der Waals surface area contributed by atoms with E-state index in [0.717, 1.165) is 10.6 Å². The van der Waals surface area contributed by atoms with Crippen LogP contribution in [0.1, 0.15) is 34.8 Å². The number of pyridine rings is 1. The number of hydrogen-bond acceptors (Lipinski definition) is 6.